The molecule has 2 aromatic heterocycles. The number of hydrogen-bond acceptors (Lipinski definition) is 4. The molecule has 0 bridgehead atoms. The van der Waals surface area contributed by atoms with E-state index in [2.05, 4.69) is 171 Å². The molecule has 0 spiro atoms. The predicted molar refractivity (Wildman–Crippen MR) is 229 cm³/mol. The summed E-state index contributed by atoms with van der Waals surface area (Å²) in [5.74, 6) is 0.959. The van der Waals surface area contributed by atoms with E-state index in [-0.39, 0.29) is 45.3 Å². The second-order valence-corrected chi connectivity index (χ2v) is 15.8. The van der Waals surface area contributed by atoms with Crippen LogP contribution in [0.1, 0.15) is 40.2 Å². The molecule has 0 atom stereocenters. The van der Waals surface area contributed by atoms with E-state index in [9.17, 15) is 5.11 Å². The second-order valence-electron chi connectivity index (χ2n) is 15.8. The molecule has 9 rings (SSSR count). The van der Waals surface area contributed by atoms with Crippen molar-refractivity contribution in [1.29, 1.82) is 0 Å². The molecule has 0 aliphatic carbocycles. The number of nitrogens with zero attached hydrogens (tertiary/aromatic N) is 4. The third kappa shape index (κ3) is 6.56. The summed E-state index contributed by atoms with van der Waals surface area (Å²) in [4.78, 5) is 12.7. The molecule has 5 nitrogen and oxygen atoms in total. The molecule has 56 heavy (non-hydrogen) atoms. The molecule has 0 unspecified atom stereocenters. The quantitative estimate of drug-likeness (QED) is 0.133. The van der Waals surface area contributed by atoms with Gasteiger partial charge in [-0.3, -0.25) is 4.98 Å². The molecule has 0 saturated heterocycles. The van der Waals surface area contributed by atoms with Crippen LogP contribution in [-0.4, -0.2) is 32.6 Å². The molecule has 0 fully saturated rings. The fourth-order valence-corrected chi connectivity index (χ4v) is 8.01. The zero-order chi connectivity index (χ0) is 37.8. The molecule has 0 radical (unpaired) electrons. The van der Waals surface area contributed by atoms with Crippen molar-refractivity contribution in [2.24, 2.45) is 0 Å². The van der Waals surface area contributed by atoms with Gasteiger partial charge < -0.3 is 14.4 Å². The van der Waals surface area contributed by atoms with Crippen molar-refractivity contribution in [3.05, 3.63) is 163 Å². The Labute approximate surface area is 344 Å². The number of para-hydroxylation sites is 1. The zero-order valence-electron chi connectivity index (χ0n) is 32.1. The van der Waals surface area contributed by atoms with E-state index in [1.54, 1.807) is 6.07 Å². The Balaban J connectivity index is 0.00000441. The third-order valence-electron chi connectivity index (χ3n) is 10.8. The topological polar surface area (TPSA) is 54.2 Å². The zero-order valence-corrected chi connectivity index (χ0v) is 34.4. The predicted octanol–water partition coefficient (Wildman–Crippen LogP) is 11.0. The van der Waals surface area contributed by atoms with E-state index in [4.69, 9.17) is 9.97 Å². The second kappa shape index (κ2) is 14.7. The van der Waals surface area contributed by atoms with Crippen LogP contribution in [0.5, 0.6) is 5.75 Å². The van der Waals surface area contributed by atoms with Gasteiger partial charge in [0.1, 0.15) is 11.6 Å². The maximum Gasteiger partial charge on any atom is 0.417 e. The first-order valence-electron chi connectivity index (χ1n) is 19.0. The van der Waals surface area contributed by atoms with Crippen LogP contribution in [0, 0.1) is 6.07 Å². The summed E-state index contributed by atoms with van der Waals surface area (Å²) in [5.41, 5.74) is 14.1. The van der Waals surface area contributed by atoms with E-state index in [0.29, 0.717) is 0 Å². The van der Waals surface area contributed by atoms with Gasteiger partial charge in [-0.25, -0.2) is 4.98 Å². The summed E-state index contributed by atoms with van der Waals surface area (Å²) >= 11 is 0. The molecule has 0 saturated carbocycles. The van der Waals surface area contributed by atoms with Crippen LogP contribution in [0.4, 0.5) is 5.69 Å². The van der Waals surface area contributed by atoms with Crippen LogP contribution < -0.4 is 10.3 Å². The van der Waals surface area contributed by atoms with Gasteiger partial charge >= 0.3 is 6.98 Å². The number of phenols is 1. The largest absolute Gasteiger partial charge is 0.507 e. The summed E-state index contributed by atoms with van der Waals surface area (Å²) in [5, 5.41) is 11.5. The van der Waals surface area contributed by atoms with Crippen molar-refractivity contribution >= 4 is 29.2 Å². The van der Waals surface area contributed by atoms with Crippen LogP contribution >= 0.6 is 0 Å². The van der Waals surface area contributed by atoms with Crippen molar-refractivity contribution in [3.63, 3.8) is 0 Å². The van der Waals surface area contributed by atoms with Gasteiger partial charge in [0.15, 0.2) is 0 Å². The van der Waals surface area contributed by atoms with E-state index in [0.717, 1.165) is 67.1 Å². The minimum Gasteiger partial charge on any atom is -0.507 e. The van der Waals surface area contributed by atoms with Crippen LogP contribution in [0.25, 0.3) is 67.1 Å². The normalized spacial score (nSPS) is 12.4. The van der Waals surface area contributed by atoms with Crippen LogP contribution in [0.15, 0.2) is 152 Å². The van der Waals surface area contributed by atoms with Crippen molar-refractivity contribution in [1.82, 2.24) is 14.4 Å². The Hall–Kier alpha value is -5.71. The van der Waals surface area contributed by atoms with Gasteiger partial charge in [0.05, 0.1) is 16.6 Å². The van der Waals surface area contributed by atoms with Crippen LogP contribution in [0.2, 0.25) is 0 Å². The number of aromatic nitrogens is 3. The van der Waals surface area contributed by atoms with Gasteiger partial charge in [0.25, 0.3) is 0 Å². The Morgan fingerprint density at radius 1 is 0.679 bits per heavy atom. The summed E-state index contributed by atoms with van der Waals surface area (Å²) in [7, 11) is 0. The SMILES string of the molecule is CC(C)N1B(c2ccc(-c3ccccc3)cc2)n2c(nc3c(-c4[c-]c(-c5cc(-c6ccccc6)ccn5)cc(C(C)(C)C)c4)cccc32)-c2c(O)cccc21.[Pt]. The standard InChI is InChI=1S/C49H42BN4O.Pt/c1-32(2)53-43-19-13-21-45(55)46(43)48-52-47-41(18-12-20-44(47)54(48)50(53)40-24-22-35(23-25-40)33-14-8-6-9-15-33)37-28-38(30-39(29-37)49(3,4)5)42-31-36(26-27-51-42)34-16-10-7-11-17-34;/h6-27,29-32,55H,1-5H3;/q-1;. The molecule has 3 heterocycles. The van der Waals surface area contributed by atoms with Crippen molar-refractivity contribution in [3.8, 4) is 61.8 Å². The molecule has 1 N–H and O–H groups in total. The van der Waals surface area contributed by atoms with E-state index >= 15 is 0 Å². The fourth-order valence-electron chi connectivity index (χ4n) is 8.01. The smallest absolute Gasteiger partial charge is 0.417 e. The summed E-state index contributed by atoms with van der Waals surface area (Å²) in [6, 6.07) is 54.6. The number of imidazole rings is 1. The van der Waals surface area contributed by atoms with Crippen molar-refractivity contribution < 1.29 is 26.2 Å². The van der Waals surface area contributed by atoms with Gasteiger partial charge in [-0.2, -0.15) is 0 Å². The van der Waals surface area contributed by atoms with E-state index < -0.39 is 0 Å². The minimum absolute atomic E-state index is 0. The average molecular weight is 909 g/mol. The number of hydrogen-bond donors (Lipinski definition) is 1. The molecular weight excluding hydrogens is 866 g/mol. The maximum absolute atomic E-state index is 11.5. The Kier molecular flexibility index (Phi) is 9.80. The van der Waals surface area contributed by atoms with Crippen LogP contribution in [-0.2, 0) is 26.5 Å². The van der Waals surface area contributed by atoms with E-state index in [1.807, 2.05) is 24.4 Å². The van der Waals surface area contributed by atoms with Gasteiger partial charge in [-0.15, -0.1) is 29.3 Å². The molecule has 6 aromatic carbocycles. The number of pyridine rings is 1. The molecule has 1 aliphatic heterocycles. The molecule has 1 aliphatic rings. The number of benzene rings is 6. The first-order chi connectivity index (χ1) is 26.7. The number of fused-ring (bicyclic) bond motifs is 5. The number of rotatable bonds is 6. The van der Waals surface area contributed by atoms with Gasteiger partial charge in [0.2, 0.25) is 0 Å². The Bertz CT molecular complexity index is 2690. The summed E-state index contributed by atoms with van der Waals surface area (Å²) < 4.78 is 2.32. The van der Waals surface area contributed by atoms with Crippen LogP contribution in [0.3, 0.4) is 0 Å². The minimum atomic E-state index is -0.209. The molecule has 8 aromatic rings. The monoisotopic (exact) mass is 908 g/mol. The van der Waals surface area contributed by atoms with Crippen molar-refractivity contribution in [2.75, 3.05) is 4.81 Å². The van der Waals surface area contributed by atoms with Gasteiger partial charge in [-0.05, 0) is 71.2 Å². The molecule has 7 heteroatoms. The summed E-state index contributed by atoms with van der Waals surface area (Å²) in [6.45, 7) is 10.9. The Morgan fingerprint density at radius 2 is 1.32 bits per heavy atom. The molecule has 278 valence electrons. The third-order valence-corrected chi connectivity index (χ3v) is 10.8. The molecular formula is C49H42BN4OPt-. The van der Waals surface area contributed by atoms with E-state index in [1.165, 1.54) is 16.7 Å². The summed E-state index contributed by atoms with van der Waals surface area (Å²) in [6.07, 6.45) is 1.88. The fraction of sp³-hybridized carbons (Fsp3) is 0.143. The first kappa shape index (κ1) is 37.2. The number of anilines is 1. The number of aromatic hydroxyl groups is 1. The molecule has 0 amide bonds. The Morgan fingerprint density at radius 3 is 2.00 bits per heavy atom. The van der Waals surface area contributed by atoms with Crippen molar-refractivity contribution in [2.45, 2.75) is 46.1 Å². The average Bonchev–Trinajstić information content (AvgIpc) is 3.60. The maximum atomic E-state index is 11.5. The number of phenolic OH excluding ortho intramolecular Hbond substituents is 1. The first-order valence-corrected chi connectivity index (χ1v) is 19.0. The van der Waals surface area contributed by atoms with Gasteiger partial charge in [0, 0.05) is 44.7 Å². The van der Waals surface area contributed by atoms with Gasteiger partial charge in [-0.1, -0.05) is 141 Å².